The Bertz CT molecular complexity index is 678. The van der Waals surface area contributed by atoms with E-state index in [1.807, 2.05) is 45.0 Å². The highest BCUT2D eigenvalue weighted by molar-refractivity contribution is 5.95. The lowest BCUT2D eigenvalue weighted by Crippen LogP contribution is -2.37. The van der Waals surface area contributed by atoms with E-state index < -0.39 is 0 Å². The van der Waals surface area contributed by atoms with Gasteiger partial charge in [-0.3, -0.25) is 9.78 Å². The summed E-state index contributed by atoms with van der Waals surface area (Å²) in [5.74, 6) is 0.676. The molecule has 0 bridgehead atoms. The highest BCUT2D eigenvalue weighted by Gasteiger charge is 2.19. The molecule has 0 spiro atoms. The molecule has 2 aromatic rings. The van der Waals surface area contributed by atoms with Gasteiger partial charge < -0.3 is 14.7 Å². The molecule has 0 saturated heterocycles. The zero-order chi connectivity index (χ0) is 17.7. The van der Waals surface area contributed by atoms with Crippen LogP contribution in [0.25, 0.3) is 0 Å². The highest BCUT2D eigenvalue weighted by atomic mass is 16.5. The Labute approximate surface area is 142 Å². The molecule has 1 heterocycles. The van der Waals surface area contributed by atoms with Crippen LogP contribution >= 0.6 is 0 Å². The average Bonchev–Trinajstić information content (AvgIpc) is 2.59. The number of aliphatic hydroxyl groups excluding tert-OH is 1. The number of likely N-dealkylation sites (N-methyl/N-ethyl adjacent to an activating group) is 1. The van der Waals surface area contributed by atoms with E-state index >= 15 is 0 Å². The predicted octanol–water partition coefficient (Wildman–Crippen LogP) is 2.73. The molecule has 1 aromatic carbocycles. The first-order valence-corrected chi connectivity index (χ1v) is 7.95. The Morgan fingerprint density at radius 2 is 2.00 bits per heavy atom. The van der Waals surface area contributed by atoms with Crippen molar-refractivity contribution in [1.82, 2.24) is 9.88 Å². The third-order valence-corrected chi connectivity index (χ3v) is 4.06. The number of amides is 1. The number of aliphatic hydroxyl groups is 1. The fourth-order valence-corrected chi connectivity index (χ4v) is 2.47. The molecule has 5 nitrogen and oxygen atoms in total. The van der Waals surface area contributed by atoms with E-state index in [9.17, 15) is 9.90 Å². The van der Waals surface area contributed by atoms with Crippen LogP contribution in [-0.4, -0.2) is 40.6 Å². The molecule has 24 heavy (non-hydrogen) atoms. The first-order chi connectivity index (χ1) is 11.4. The van der Waals surface area contributed by atoms with Crippen molar-refractivity contribution in [3.8, 4) is 5.75 Å². The highest BCUT2D eigenvalue weighted by Crippen LogP contribution is 2.26. The second kappa shape index (κ2) is 7.93. The Morgan fingerprint density at radius 3 is 2.54 bits per heavy atom. The van der Waals surface area contributed by atoms with E-state index in [0.717, 1.165) is 22.4 Å². The van der Waals surface area contributed by atoms with Gasteiger partial charge in [-0.1, -0.05) is 6.07 Å². The van der Waals surface area contributed by atoms with Crippen LogP contribution in [0.3, 0.4) is 0 Å². The van der Waals surface area contributed by atoms with Gasteiger partial charge in [0, 0.05) is 30.6 Å². The second-order valence-corrected chi connectivity index (χ2v) is 6.04. The third kappa shape index (κ3) is 4.11. The Hall–Kier alpha value is -2.40. The zero-order valence-electron chi connectivity index (χ0n) is 14.6. The molecule has 0 saturated carbocycles. The molecule has 0 radical (unpaired) electrons. The van der Waals surface area contributed by atoms with E-state index in [-0.39, 0.29) is 18.6 Å². The van der Waals surface area contributed by atoms with Gasteiger partial charge in [0.25, 0.3) is 5.91 Å². The summed E-state index contributed by atoms with van der Waals surface area (Å²) in [7, 11) is 1.70. The van der Waals surface area contributed by atoms with Crippen molar-refractivity contribution >= 4 is 5.91 Å². The minimum atomic E-state index is -0.223. The number of nitrogens with zero attached hydrogens (tertiary/aromatic N) is 2. The molecule has 0 aliphatic heterocycles. The number of carbonyl (C=O) groups excluding carboxylic acids is 1. The molecule has 1 amide bonds. The van der Waals surface area contributed by atoms with Crippen LogP contribution in [0.1, 0.15) is 34.0 Å². The number of carbonyl (C=O) groups is 1. The zero-order valence-corrected chi connectivity index (χ0v) is 14.6. The van der Waals surface area contributed by atoms with E-state index in [1.165, 1.54) is 0 Å². The standard InChI is InChI=1S/C19H24N2O3/c1-13-8-17(19(23)21(4)15(3)11-22)9-14(2)18(13)24-12-16-6-5-7-20-10-16/h5-10,15,22H,11-12H2,1-4H3. The Balaban J connectivity index is 2.17. The third-order valence-electron chi connectivity index (χ3n) is 4.06. The molecule has 0 aliphatic carbocycles. The van der Waals surface area contributed by atoms with Gasteiger partial charge in [0.05, 0.1) is 12.6 Å². The summed E-state index contributed by atoms with van der Waals surface area (Å²) in [4.78, 5) is 18.1. The lowest BCUT2D eigenvalue weighted by atomic mass is 10.0. The van der Waals surface area contributed by atoms with E-state index in [0.29, 0.717) is 12.2 Å². The van der Waals surface area contributed by atoms with Crippen molar-refractivity contribution in [3.05, 3.63) is 58.9 Å². The summed E-state index contributed by atoms with van der Waals surface area (Å²) in [6, 6.07) is 7.27. The number of rotatable bonds is 6. The molecule has 1 N–H and O–H groups in total. The van der Waals surface area contributed by atoms with Crippen molar-refractivity contribution < 1.29 is 14.6 Å². The molecular weight excluding hydrogens is 304 g/mol. The van der Waals surface area contributed by atoms with Crippen molar-refractivity contribution in [3.63, 3.8) is 0 Å². The Kier molecular flexibility index (Phi) is 5.93. The number of pyridine rings is 1. The molecular formula is C19H24N2O3. The summed E-state index contributed by atoms with van der Waals surface area (Å²) < 4.78 is 5.91. The number of benzene rings is 1. The van der Waals surface area contributed by atoms with Crippen LogP contribution in [0.5, 0.6) is 5.75 Å². The van der Waals surface area contributed by atoms with Gasteiger partial charge in [-0.25, -0.2) is 0 Å². The normalized spacial score (nSPS) is 11.9. The summed E-state index contributed by atoms with van der Waals surface area (Å²) in [6.45, 7) is 6.04. The minimum Gasteiger partial charge on any atom is -0.488 e. The summed E-state index contributed by atoms with van der Waals surface area (Å²) in [5.41, 5.74) is 3.41. The topological polar surface area (TPSA) is 62.7 Å². The van der Waals surface area contributed by atoms with Crippen LogP contribution in [0.2, 0.25) is 0 Å². The van der Waals surface area contributed by atoms with E-state index in [4.69, 9.17) is 4.74 Å². The lowest BCUT2D eigenvalue weighted by Gasteiger charge is -2.24. The quantitative estimate of drug-likeness (QED) is 0.885. The predicted molar refractivity (Wildman–Crippen MR) is 93.1 cm³/mol. The van der Waals surface area contributed by atoms with Crippen LogP contribution in [-0.2, 0) is 6.61 Å². The number of aromatic nitrogens is 1. The van der Waals surface area contributed by atoms with Crippen LogP contribution < -0.4 is 4.74 Å². The van der Waals surface area contributed by atoms with E-state index in [1.54, 1.807) is 24.3 Å². The van der Waals surface area contributed by atoms with Gasteiger partial charge in [0.2, 0.25) is 0 Å². The van der Waals surface area contributed by atoms with Crippen LogP contribution in [0, 0.1) is 13.8 Å². The molecule has 1 atom stereocenters. The molecule has 0 fully saturated rings. The van der Waals surface area contributed by atoms with Crippen molar-refractivity contribution in [2.45, 2.75) is 33.4 Å². The molecule has 128 valence electrons. The van der Waals surface area contributed by atoms with Gasteiger partial charge >= 0.3 is 0 Å². The number of hydrogen-bond donors (Lipinski definition) is 1. The number of hydrogen-bond acceptors (Lipinski definition) is 4. The summed E-state index contributed by atoms with van der Waals surface area (Å²) in [6.07, 6.45) is 3.50. The Morgan fingerprint density at radius 1 is 1.33 bits per heavy atom. The maximum Gasteiger partial charge on any atom is 0.253 e. The maximum atomic E-state index is 12.5. The molecule has 2 rings (SSSR count). The summed E-state index contributed by atoms with van der Waals surface area (Å²) in [5, 5.41) is 9.21. The fourth-order valence-electron chi connectivity index (χ4n) is 2.47. The molecule has 1 aromatic heterocycles. The average molecular weight is 328 g/mol. The second-order valence-electron chi connectivity index (χ2n) is 6.04. The van der Waals surface area contributed by atoms with Crippen molar-refractivity contribution in [2.24, 2.45) is 0 Å². The van der Waals surface area contributed by atoms with Crippen LogP contribution in [0.4, 0.5) is 0 Å². The first kappa shape index (κ1) is 17.9. The SMILES string of the molecule is Cc1cc(C(=O)N(C)C(C)CO)cc(C)c1OCc1cccnc1. The number of aryl methyl sites for hydroxylation is 2. The number of ether oxygens (including phenoxy) is 1. The van der Waals surface area contributed by atoms with Crippen molar-refractivity contribution in [2.75, 3.05) is 13.7 Å². The molecule has 5 heteroatoms. The van der Waals surface area contributed by atoms with Crippen molar-refractivity contribution in [1.29, 1.82) is 0 Å². The monoisotopic (exact) mass is 328 g/mol. The molecule has 1 unspecified atom stereocenters. The van der Waals surface area contributed by atoms with Gasteiger partial charge in [-0.05, 0) is 50.1 Å². The van der Waals surface area contributed by atoms with Gasteiger partial charge in [-0.15, -0.1) is 0 Å². The van der Waals surface area contributed by atoms with Gasteiger partial charge in [-0.2, -0.15) is 0 Å². The largest absolute Gasteiger partial charge is 0.488 e. The van der Waals surface area contributed by atoms with Gasteiger partial charge in [0.15, 0.2) is 0 Å². The minimum absolute atomic E-state index is 0.0630. The maximum absolute atomic E-state index is 12.5. The van der Waals surface area contributed by atoms with Crippen LogP contribution in [0.15, 0.2) is 36.7 Å². The fraction of sp³-hybridized carbons (Fsp3) is 0.368. The first-order valence-electron chi connectivity index (χ1n) is 7.95. The molecule has 0 aliphatic rings. The lowest BCUT2D eigenvalue weighted by molar-refractivity contribution is 0.0682. The van der Waals surface area contributed by atoms with Gasteiger partial charge in [0.1, 0.15) is 12.4 Å². The smallest absolute Gasteiger partial charge is 0.253 e. The summed E-state index contributed by atoms with van der Waals surface area (Å²) >= 11 is 0. The van der Waals surface area contributed by atoms with E-state index in [2.05, 4.69) is 4.98 Å².